The molecule has 0 aromatic heterocycles. The van der Waals surface area contributed by atoms with Gasteiger partial charge in [0.25, 0.3) is 5.91 Å². The predicted octanol–water partition coefficient (Wildman–Crippen LogP) is 4.47. The normalized spacial score (nSPS) is 15.7. The summed E-state index contributed by atoms with van der Waals surface area (Å²) in [6, 6.07) is 12.6. The number of carbonyl (C=O) groups excluding carboxylic acids is 2. The Bertz CT molecular complexity index is 864. The standard InChI is InChI=1S/C20H21BrN2O3/c1-4-23-16-9-8-15(11-17(16)26-12-20(2,3)19(23)25)22-18(24)13-6-5-7-14(21)10-13/h5-11H,4,12H2,1-3H3,(H,22,24). The molecule has 2 aromatic carbocycles. The van der Waals surface area contributed by atoms with E-state index in [9.17, 15) is 9.59 Å². The van der Waals surface area contributed by atoms with Crippen LogP contribution in [0.2, 0.25) is 0 Å². The quantitative estimate of drug-likeness (QED) is 0.802. The number of nitrogens with one attached hydrogen (secondary N) is 1. The first-order valence-electron chi connectivity index (χ1n) is 8.47. The molecule has 0 unspecified atom stereocenters. The van der Waals surface area contributed by atoms with Gasteiger partial charge in [-0.1, -0.05) is 22.0 Å². The molecule has 0 radical (unpaired) electrons. The highest BCUT2D eigenvalue weighted by Gasteiger charge is 2.37. The lowest BCUT2D eigenvalue weighted by molar-refractivity contribution is -0.127. The van der Waals surface area contributed by atoms with E-state index in [2.05, 4.69) is 21.2 Å². The topological polar surface area (TPSA) is 58.6 Å². The minimum atomic E-state index is -0.602. The molecule has 1 aliphatic rings. The Kier molecular flexibility index (Phi) is 5.05. The van der Waals surface area contributed by atoms with Crippen molar-refractivity contribution in [2.75, 3.05) is 23.4 Å². The third kappa shape index (κ3) is 3.60. The fourth-order valence-corrected chi connectivity index (χ4v) is 3.27. The monoisotopic (exact) mass is 416 g/mol. The van der Waals surface area contributed by atoms with Crippen LogP contribution in [-0.2, 0) is 4.79 Å². The van der Waals surface area contributed by atoms with E-state index in [0.29, 0.717) is 30.2 Å². The zero-order valence-corrected chi connectivity index (χ0v) is 16.6. The number of ether oxygens (including phenoxy) is 1. The highest BCUT2D eigenvalue weighted by molar-refractivity contribution is 9.10. The van der Waals surface area contributed by atoms with Crippen molar-refractivity contribution in [2.24, 2.45) is 5.41 Å². The van der Waals surface area contributed by atoms with Gasteiger partial charge in [0.1, 0.15) is 12.4 Å². The Morgan fingerprint density at radius 3 is 2.73 bits per heavy atom. The summed E-state index contributed by atoms with van der Waals surface area (Å²) < 4.78 is 6.73. The van der Waals surface area contributed by atoms with Crippen molar-refractivity contribution < 1.29 is 14.3 Å². The van der Waals surface area contributed by atoms with E-state index in [1.807, 2.05) is 39.0 Å². The average Bonchev–Trinajstić information content (AvgIpc) is 2.70. The molecule has 6 heteroatoms. The number of hydrogen-bond donors (Lipinski definition) is 1. The highest BCUT2D eigenvalue weighted by atomic mass is 79.9. The van der Waals surface area contributed by atoms with Crippen LogP contribution in [0.25, 0.3) is 0 Å². The number of fused-ring (bicyclic) bond motifs is 1. The molecule has 1 heterocycles. The molecule has 5 nitrogen and oxygen atoms in total. The molecule has 3 rings (SSSR count). The number of nitrogens with zero attached hydrogens (tertiary/aromatic N) is 1. The van der Waals surface area contributed by atoms with Crippen molar-refractivity contribution in [3.8, 4) is 5.75 Å². The van der Waals surface area contributed by atoms with Crippen molar-refractivity contribution in [3.05, 3.63) is 52.5 Å². The zero-order chi connectivity index (χ0) is 18.9. The number of rotatable bonds is 3. The van der Waals surface area contributed by atoms with E-state index in [1.165, 1.54) is 0 Å². The van der Waals surface area contributed by atoms with Crippen molar-refractivity contribution in [1.29, 1.82) is 0 Å². The van der Waals surface area contributed by atoms with Crippen LogP contribution >= 0.6 is 15.9 Å². The number of amides is 2. The lowest BCUT2D eigenvalue weighted by Gasteiger charge is -2.26. The Morgan fingerprint density at radius 1 is 1.27 bits per heavy atom. The second kappa shape index (κ2) is 7.11. The van der Waals surface area contributed by atoms with Crippen LogP contribution in [0.4, 0.5) is 11.4 Å². The summed E-state index contributed by atoms with van der Waals surface area (Å²) in [5.74, 6) is 0.422. The Balaban J connectivity index is 1.88. The van der Waals surface area contributed by atoms with Crippen LogP contribution in [0.1, 0.15) is 31.1 Å². The number of hydrogen-bond acceptors (Lipinski definition) is 3. The summed E-state index contributed by atoms with van der Waals surface area (Å²) in [4.78, 5) is 26.9. The Morgan fingerprint density at radius 2 is 2.04 bits per heavy atom. The number of benzene rings is 2. The minimum Gasteiger partial charge on any atom is -0.490 e. The van der Waals surface area contributed by atoms with Crippen molar-refractivity contribution >= 4 is 39.1 Å². The molecular weight excluding hydrogens is 396 g/mol. The molecule has 2 amide bonds. The van der Waals surface area contributed by atoms with Gasteiger partial charge in [0.05, 0.1) is 11.1 Å². The van der Waals surface area contributed by atoms with Gasteiger partial charge >= 0.3 is 0 Å². The van der Waals surface area contributed by atoms with Crippen LogP contribution in [0, 0.1) is 5.41 Å². The largest absolute Gasteiger partial charge is 0.490 e. The van der Waals surface area contributed by atoms with Gasteiger partial charge in [0, 0.05) is 28.3 Å². The van der Waals surface area contributed by atoms with Crippen molar-refractivity contribution in [1.82, 2.24) is 0 Å². The molecule has 26 heavy (non-hydrogen) atoms. The van der Waals surface area contributed by atoms with E-state index >= 15 is 0 Å². The predicted molar refractivity (Wildman–Crippen MR) is 106 cm³/mol. The molecule has 0 fully saturated rings. The van der Waals surface area contributed by atoms with Gasteiger partial charge in [0.15, 0.2) is 0 Å². The van der Waals surface area contributed by atoms with Gasteiger partial charge in [0.2, 0.25) is 5.91 Å². The summed E-state index contributed by atoms with van der Waals surface area (Å²) >= 11 is 3.37. The molecule has 0 aliphatic carbocycles. The zero-order valence-electron chi connectivity index (χ0n) is 15.0. The van der Waals surface area contributed by atoms with Gasteiger partial charge in [-0.05, 0) is 51.1 Å². The highest BCUT2D eigenvalue weighted by Crippen LogP contribution is 2.38. The first-order chi connectivity index (χ1) is 12.3. The van der Waals surface area contributed by atoms with Crippen LogP contribution in [0.15, 0.2) is 46.9 Å². The third-order valence-corrected chi connectivity index (χ3v) is 4.82. The van der Waals surface area contributed by atoms with Crippen LogP contribution in [0.5, 0.6) is 5.75 Å². The fraction of sp³-hybridized carbons (Fsp3) is 0.300. The lowest BCUT2D eigenvalue weighted by atomic mass is 9.93. The first-order valence-corrected chi connectivity index (χ1v) is 9.27. The summed E-state index contributed by atoms with van der Waals surface area (Å²) in [5, 5.41) is 2.88. The van der Waals surface area contributed by atoms with E-state index in [0.717, 1.165) is 10.2 Å². The number of anilines is 2. The molecule has 0 spiro atoms. The molecule has 0 atom stereocenters. The maximum atomic E-state index is 12.7. The van der Waals surface area contributed by atoms with Crippen molar-refractivity contribution in [3.63, 3.8) is 0 Å². The van der Waals surface area contributed by atoms with Gasteiger partial charge in [-0.2, -0.15) is 0 Å². The molecule has 0 saturated carbocycles. The third-order valence-electron chi connectivity index (χ3n) is 4.32. The van der Waals surface area contributed by atoms with Crippen LogP contribution < -0.4 is 15.0 Å². The van der Waals surface area contributed by atoms with E-state index in [1.54, 1.807) is 29.2 Å². The minimum absolute atomic E-state index is 0.0321. The Labute approximate surface area is 161 Å². The van der Waals surface area contributed by atoms with E-state index in [4.69, 9.17) is 4.74 Å². The second-order valence-electron chi connectivity index (χ2n) is 6.87. The molecule has 1 N–H and O–H groups in total. The molecule has 0 saturated heterocycles. The maximum Gasteiger partial charge on any atom is 0.255 e. The van der Waals surface area contributed by atoms with Gasteiger partial charge < -0.3 is 15.0 Å². The molecule has 136 valence electrons. The molecule has 1 aliphatic heterocycles. The second-order valence-corrected chi connectivity index (χ2v) is 7.78. The Hall–Kier alpha value is -2.34. The lowest BCUT2D eigenvalue weighted by Crippen LogP contribution is -2.42. The van der Waals surface area contributed by atoms with Crippen LogP contribution in [0.3, 0.4) is 0 Å². The average molecular weight is 417 g/mol. The number of carbonyl (C=O) groups is 2. The van der Waals surface area contributed by atoms with Gasteiger partial charge in [-0.15, -0.1) is 0 Å². The van der Waals surface area contributed by atoms with E-state index < -0.39 is 5.41 Å². The van der Waals surface area contributed by atoms with Crippen molar-refractivity contribution in [2.45, 2.75) is 20.8 Å². The molecule has 0 bridgehead atoms. The number of halogens is 1. The van der Waals surface area contributed by atoms with Gasteiger partial charge in [-0.3, -0.25) is 9.59 Å². The summed E-state index contributed by atoms with van der Waals surface area (Å²) in [6.45, 7) is 6.53. The summed E-state index contributed by atoms with van der Waals surface area (Å²) in [6.07, 6.45) is 0. The maximum absolute atomic E-state index is 12.7. The molecule has 2 aromatic rings. The van der Waals surface area contributed by atoms with Gasteiger partial charge in [-0.25, -0.2) is 0 Å². The van der Waals surface area contributed by atoms with Crippen LogP contribution in [-0.4, -0.2) is 25.0 Å². The smallest absolute Gasteiger partial charge is 0.255 e. The molecular formula is C20H21BrN2O3. The SMILES string of the molecule is CCN1C(=O)C(C)(C)COc2cc(NC(=O)c3cccc(Br)c3)ccc21. The fourth-order valence-electron chi connectivity index (χ4n) is 2.87. The first kappa shape index (κ1) is 18.5. The summed E-state index contributed by atoms with van der Waals surface area (Å²) in [7, 11) is 0. The van der Waals surface area contributed by atoms with E-state index in [-0.39, 0.29) is 11.8 Å². The summed E-state index contributed by atoms with van der Waals surface area (Å²) in [5.41, 5.74) is 1.30.